The molecule has 1 aliphatic carbocycles. The summed E-state index contributed by atoms with van der Waals surface area (Å²) in [7, 11) is 0. The van der Waals surface area contributed by atoms with Crippen molar-refractivity contribution in [2.45, 2.75) is 52.5 Å². The van der Waals surface area contributed by atoms with Gasteiger partial charge in [-0.3, -0.25) is 4.79 Å². The van der Waals surface area contributed by atoms with Gasteiger partial charge in [-0.2, -0.15) is 0 Å². The van der Waals surface area contributed by atoms with Crippen LogP contribution in [-0.2, 0) is 4.79 Å². The minimum absolute atomic E-state index is 0.133. The Balaban J connectivity index is 1.96. The van der Waals surface area contributed by atoms with Crippen LogP contribution in [0.2, 0.25) is 0 Å². The Morgan fingerprint density at radius 1 is 1.41 bits per heavy atom. The Bertz CT molecular complexity index is 284. The highest BCUT2D eigenvalue weighted by Crippen LogP contribution is 2.34. The predicted octanol–water partition coefficient (Wildman–Crippen LogP) is 1.93. The van der Waals surface area contributed by atoms with Gasteiger partial charge in [0.05, 0.1) is 5.41 Å². The predicted molar refractivity (Wildman–Crippen MR) is 69.7 cm³/mol. The summed E-state index contributed by atoms with van der Waals surface area (Å²) in [4.78, 5) is 12.5. The van der Waals surface area contributed by atoms with Crippen molar-refractivity contribution >= 4 is 5.91 Å². The van der Waals surface area contributed by atoms with Gasteiger partial charge >= 0.3 is 0 Å². The molecular weight excluding hydrogens is 212 g/mol. The largest absolute Gasteiger partial charge is 0.353 e. The van der Waals surface area contributed by atoms with E-state index in [2.05, 4.69) is 31.4 Å². The van der Waals surface area contributed by atoms with Crippen LogP contribution in [0.25, 0.3) is 0 Å². The normalized spacial score (nSPS) is 41.7. The standard InChI is InChI=1S/C14H26N2O/c1-4-14(7-8-15-9-14)13(17)16-12-6-5-10(2)11(12)3/h10-12,15H,4-9H2,1-3H3,(H,16,17). The number of amides is 1. The van der Waals surface area contributed by atoms with Crippen molar-refractivity contribution < 1.29 is 4.79 Å². The zero-order chi connectivity index (χ0) is 12.5. The molecule has 3 nitrogen and oxygen atoms in total. The monoisotopic (exact) mass is 238 g/mol. The van der Waals surface area contributed by atoms with E-state index < -0.39 is 0 Å². The van der Waals surface area contributed by atoms with Gasteiger partial charge in [0.25, 0.3) is 0 Å². The lowest BCUT2D eigenvalue weighted by Crippen LogP contribution is -2.47. The summed E-state index contributed by atoms with van der Waals surface area (Å²) in [6.07, 6.45) is 4.35. The first kappa shape index (κ1) is 12.9. The molecule has 0 aromatic carbocycles. The van der Waals surface area contributed by atoms with Crippen molar-refractivity contribution in [3.63, 3.8) is 0 Å². The summed E-state index contributed by atoms with van der Waals surface area (Å²) in [6, 6.07) is 0.404. The molecule has 17 heavy (non-hydrogen) atoms. The number of rotatable bonds is 3. The molecule has 0 aromatic rings. The Hall–Kier alpha value is -0.570. The Labute approximate surface area is 105 Å². The van der Waals surface area contributed by atoms with Crippen molar-refractivity contribution in [2.75, 3.05) is 13.1 Å². The molecule has 1 aliphatic heterocycles. The number of nitrogens with one attached hydrogen (secondary N) is 2. The van der Waals surface area contributed by atoms with Crippen molar-refractivity contribution in [3.8, 4) is 0 Å². The number of carbonyl (C=O) groups is 1. The van der Waals surface area contributed by atoms with Crippen molar-refractivity contribution in [1.82, 2.24) is 10.6 Å². The first-order valence-electron chi connectivity index (χ1n) is 7.11. The topological polar surface area (TPSA) is 41.1 Å². The molecule has 98 valence electrons. The fourth-order valence-corrected chi connectivity index (χ4v) is 3.29. The molecule has 2 fully saturated rings. The molecule has 0 spiro atoms. The summed E-state index contributed by atoms with van der Waals surface area (Å²) >= 11 is 0. The lowest BCUT2D eigenvalue weighted by molar-refractivity contribution is -0.131. The molecule has 2 N–H and O–H groups in total. The van der Waals surface area contributed by atoms with Crippen LogP contribution < -0.4 is 10.6 Å². The summed E-state index contributed by atoms with van der Waals surface area (Å²) in [5, 5.41) is 6.64. The summed E-state index contributed by atoms with van der Waals surface area (Å²) in [5.74, 6) is 1.66. The van der Waals surface area contributed by atoms with Crippen molar-refractivity contribution in [3.05, 3.63) is 0 Å². The van der Waals surface area contributed by atoms with Gasteiger partial charge in [-0.1, -0.05) is 20.8 Å². The van der Waals surface area contributed by atoms with Crippen LogP contribution in [0.3, 0.4) is 0 Å². The van der Waals surface area contributed by atoms with Gasteiger partial charge in [0.2, 0.25) is 5.91 Å². The van der Waals surface area contributed by atoms with Gasteiger partial charge in [0.15, 0.2) is 0 Å². The molecule has 0 bridgehead atoms. The molecule has 4 unspecified atom stereocenters. The van der Waals surface area contributed by atoms with Gasteiger partial charge in [-0.05, 0) is 44.1 Å². The lowest BCUT2D eigenvalue weighted by atomic mass is 9.82. The second-order valence-electron chi connectivity index (χ2n) is 6.05. The number of carbonyl (C=O) groups excluding carboxylic acids is 1. The van der Waals surface area contributed by atoms with Crippen LogP contribution in [0, 0.1) is 17.3 Å². The molecule has 1 saturated heterocycles. The third-order valence-corrected chi connectivity index (χ3v) is 5.18. The second kappa shape index (κ2) is 4.97. The van der Waals surface area contributed by atoms with E-state index in [1.807, 2.05) is 0 Å². The van der Waals surface area contributed by atoms with Crippen LogP contribution >= 0.6 is 0 Å². The third kappa shape index (κ3) is 2.35. The zero-order valence-electron chi connectivity index (χ0n) is 11.4. The minimum atomic E-state index is -0.133. The maximum Gasteiger partial charge on any atom is 0.227 e. The first-order valence-corrected chi connectivity index (χ1v) is 7.11. The molecule has 1 amide bonds. The van der Waals surface area contributed by atoms with Crippen LogP contribution in [-0.4, -0.2) is 25.0 Å². The highest BCUT2D eigenvalue weighted by atomic mass is 16.2. The summed E-state index contributed by atoms with van der Waals surface area (Å²) in [6.45, 7) is 8.54. The van der Waals surface area contributed by atoms with Gasteiger partial charge in [0, 0.05) is 12.6 Å². The molecule has 0 aromatic heterocycles. The maximum absolute atomic E-state index is 12.5. The van der Waals surface area contributed by atoms with Crippen molar-refractivity contribution in [2.24, 2.45) is 17.3 Å². The van der Waals surface area contributed by atoms with E-state index in [4.69, 9.17) is 0 Å². The van der Waals surface area contributed by atoms with Gasteiger partial charge in [-0.25, -0.2) is 0 Å². The molecule has 2 aliphatic rings. The smallest absolute Gasteiger partial charge is 0.227 e. The fraction of sp³-hybridized carbons (Fsp3) is 0.929. The van der Waals surface area contributed by atoms with E-state index >= 15 is 0 Å². The molecule has 1 saturated carbocycles. The van der Waals surface area contributed by atoms with E-state index in [-0.39, 0.29) is 11.3 Å². The SMILES string of the molecule is CCC1(C(=O)NC2CCC(C)C2C)CCNC1. The fourth-order valence-electron chi connectivity index (χ4n) is 3.29. The highest BCUT2D eigenvalue weighted by molar-refractivity contribution is 5.83. The second-order valence-corrected chi connectivity index (χ2v) is 6.05. The maximum atomic E-state index is 12.5. The molecule has 2 rings (SSSR count). The van der Waals surface area contributed by atoms with E-state index in [0.29, 0.717) is 12.0 Å². The Morgan fingerprint density at radius 3 is 2.65 bits per heavy atom. The number of hydrogen-bond donors (Lipinski definition) is 2. The lowest BCUT2D eigenvalue weighted by Gasteiger charge is -2.29. The van der Waals surface area contributed by atoms with Crippen LogP contribution in [0.5, 0.6) is 0 Å². The summed E-state index contributed by atoms with van der Waals surface area (Å²) < 4.78 is 0. The van der Waals surface area contributed by atoms with E-state index in [9.17, 15) is 4.79 Å². The Morgan fingerprint density at radius 2 is 2.18 bits per heavy atom. The van der Waals surface area contributed by atoms with Crippen LogP contribution in [0.4, 0.5) is 0 Å². The zero-order valence-corrected chi connectivity index (χ0v) is 11.4. The Kier molecular flexibility index (Phi) is 3.76. The first-order chi connectivity index (χ1) is 8.09. The molecule has 3 heteroatoms. The molecule has 0 radical (unpaired) electrons. The molecular formula is C14H26N2O. The quantitative estimate of drug-likeness (QED) is 0.789. The minimum Gasteiger partial charge on any atom is -0.353 e. The average Bonchev–Trinajstić information content (AvgIpc) is 2.92. The molecule has 1 heterocycles. The van der Waals surface area contributed by atoms with Gasteiger partial charge < -0.3 is 10.6 Å². The molecule has 4 atom stereocenters. The van der Waals surface area contributed by atoms with Crippen LogP contribution in [0.15, 0.2) is 0 Å². The van der Waals surface area contributed by atoms with Crippen molar-refractivity contribution in [1.29, 1.82) is 0 Å². The third-order valence-electron chi connectivity index (χ3n) is 5.18. The van der Waals surface area contributed by atoms with E-state index in [1.54, 1.807) is 0 Å². The van der Waals surface area contributed by atoms with E-state index in [0.717, 1.165) is 38.3 Å². The van der Waals surface area contributed by atoms with Gasteiger partial charge in [0.1, 0.15) is 0 Å². The number of hydrogen-bond acceptors (Lipinski definition) is 2. The van der Waals surface area contributed by atoms with E-state index in [1.165, 1.54) is 6.42 Å². The van der Waals surface area contributed by atoms with Gasteiger partial charge in [-0.15, -0.1) is 0 Å². The van der Waals surface area contributed by atoms with Crippen LogP contribution in [0.1, 0.15) is 46.5 Å². The highest BCUT2D eigenvalue weighted by Gasteiger charge is 2.41. The summed E-state index contributed by atoms with van der Waals surface area (Å²) in [5.41, 5.74) is -0.133. The average molecular weight is 238 g/mol.